The fourth-order valence-electron chi connectivity index (χ4n) is 0.0385. The van der Waals surface area contributed by atoms with Crippen LogP contribution in [0.5, 0.6) is 0 Å². The summed E-state index contributed by atoms with van der Waals surface area (Å²) >= 11 is -1.95. The van der Waals surface area contributed by atoms with Crippen LogP contribution in [0.25, 0.3) is 0 Å². The van der Waals surface area contributed by atoms with E-state index in [2.05, 4.69) is 3.11 Å². The number of hydrogen-bond donors (Lipinski definition) is 1. The molecule has 0 unspecified atom stereocenters. The van der Waals surface area contributed by atoms with E-state index in [4.69, 9.17) is 4.55 Å². The van der Waals surface area contributed by atoms with Crippen LogP contribution in [0, 0.1) is 0 Å². The van der Waals surface area contributed by atoms with Crippen LogP contribution in [-0.4, -0.2) is 23.9 Å². The minimum atomic E-state index is -4.45. The summed E-state index contributed by atoms with van der Waals surface area (Å²) in [6, 6.07) is 0. The van der Waals surface area contributed by atoms with Crippen LogP contribution in [-0.2, 0) is 33.8 Å². The van der Waals surface area contributed by atoms with E-state index in [9.17, 15) is 12.1 Å². The molecular formula is H5O7SV. The molecule has 0 bridgehead atoms. The quantitative estimate of drug-likeness (QED) is 0.489. The summed E-state index contributed by atoms with van der Waals surface area (Å²) in [7, 11) is -4.45. The van der Waals surface area contributed by atoms with Crippen molar-refractivity contribution in [1.29, 1.82) is 0 Å². The average Bonchev–Trinajstić information content (AvgIpc) is 1.30. The zero-order chi connectivity index (χ0) is 5.91. The van der Waals surface area contributed by atoms with Gasteiger partial charge in [-0.15, -0.1) is 0 Å². The first-order chi connectivity index (χ1) is 3.06. The fourth-order valence-corrected chi connectivity index (χ4v) is 0.476. The number of rotatable bonds is 2. The average molecular weight is 200 g/mol. The summed E-state index contributed by atoms with van der Waals surface area (Å²) in [5.74, 6) is 0. The first-order valence-electron chi connectivity index (χ1n) is 1.05. The molecule has 0 spiro atoms. The van der Waals surface area contributed by atoms with Crippen molar-refractivity contribution < 1.29 is 47.3 Å². The predicted octanol–water partition coefficient (Wildman–Crippen LogP) is -2.50. The van der Waals surface area contributed by atoms with Gasteiger partial charge in [0.05, 0.1) is 0 Å². The van der Waals surface area contributed by atoms with Crippen molar-refractivity contribution in [2.24, 2.45) is 0 Å². The van der Waals surface area contributed by atoms with Gasteiger partial charge < -0.3 is 11.0 Å². The third-order valence-electron chi connectivity index (χ3n) is 0.125. The van der Waals surface area contributed by atoms with E-state index in [0.717, 1.165) is 0 Å². The van der Waals surface area contributed by atoms with Crippen molar-refractivity contribution in [2.75, 3.05) is 0 Å². The Morgan fingerprint density at radius 1 is 1.33 bits per heavy atom. The van der Waals surface area contributed by atoms with Crippen LogP contribution in [0.2, 0.25) is 0 Å². The van der Waals surface area contributed by atoms with Crippen molar-refractivity contribution in [3.8, 4) is 0 Å². The molecule has 0 aliphatic rings. The van der Waals surface area contributed by atoms with Gasteiger partial charge >= 0.3 is 46.7 Å². The first kappa shape index (κ1) is 16.1. The van der Waals surface area contributed by atoms with Gasteiger partial charge in [-0.1, -0.05) is 0 Å². The van der Waals surface area contributed by atoms with Crippen molar-refractivity contribution >= 4 is 10.4 Å². The van der Waals surface area contributed by atoms with Gasteiger partial charge in [0.2, 0.25) is 0 Å². The van der Waals surface area contributed by atoms with Crippen molar-refractivity contribution in [2.45, 2.75) is 0 Å². The molecular weight excluding hydrogens is 195 g/mol. The van der Waals surface area contributed by atoms with Gasteiger partial charge in [-0.25, -0.2) is 0 Å². The van der Waals surface area contributed by atoms with E-state index in [1.807, 2.05) is 0 Å². The zero-order valence-electron chi connectivity index (χ0n) is 3.94. The van der Waals surface area contributed by atoms with Crippen LogP contribution in [0.15, 0.2) is 0 Å². The van der Waals surface area contributed by atoms with Crippen LogP contribution in [0.1, 0.15) is 0 Å². The molecule has 58 valence electrons. The Hall–Kier alpha value is 0.174. The van der Waals surface area contributed by atoms with Gasteiger partial charge in [0, 0.05) is 0 Å². The molecule has 9 heteroatoms. The molecule has 5 N–H and O–H groups in total. The van der Waals surface area contributed by atoms with E-state index in [-0.39, 0.29) is 11.0 Å². The molecule has 0 aromatic rings. The van der Waals surface area contributed by atoms with Gasteiger partial charge in [0.25, 0.3) is 0 Å². The maximum absolute atomic E-state index is 9.39. The summed E-state index contributed by atoms with van der Waals surface area (Å²) in [6.45, 7) is 0. The molecule has 0 amide bonds. The third-order valence-corrected chi connectivity index (χ3v) is 1.54. The third kappa shape index (κ3) is 17.9. The fraction of sp³-hybridized carbons (Fsp3) is 0. The van der Waals surface area contributed by atoms with E-state index < -0.39 is 27.0 Å². The molecule has 0 aromatic carbocycles. The van der Waals surface area contributed by atoms with E-state index >= 15 is 0 Å². The van der Waals surface area contributed by atoms with Gasteiger partial charge in [-0.2, -0.15) is 0 Å². The maximum atomic E-state index is 9.39. The molecule has 0 aromatic heterocycles. The molecule has 0 rings (SSSR count). The Kier molecular flexibility index (Phi) is 11.3. The molecule has 0 saturated heterocycles. The summed E-state index contributed by atoms with van der Waals surface area (Å²) in [5.41, 5.74) is 0. The molecule has 7 nitrogen and oxygen atoms in total. The minimum absolute atomic E-state index is 0. The summed E-state index contributed by atoms with van der Waals surface area (Å²) in [5, 5.41) is 0. The summed E-state index contributed by atoms with van der Waals surface area (Å²) < 4.78 is 38.9. The Morgan fingerprint density at radius 3 is 1.67 bits per heavy atom. The van der Waals surface area contributed by atoms with Crippen LogP contribution in [0.4, 0.5) is 0 Å². The summed E-state index contributed by atoms with van der Waals surface area (Å²) in [4.78, 5) is 0. The van der Waals surface area contributed by atoms with Crippen molar-refractivity contribution in [3.05, 3.63) is 0 Å². The predicted molar refractivity (Wildman–Crippen MR) is 20.5 cm³/mol. The molecule has 0 heterocycles. The van der Waals surface area contributed by atoms with Gasteiger partial charge in [0.1, 0.15) is 0 Å². The van der Waals surface area contributed by atoms with Crippen molar-refractivity contribution in [1.82, 2.24) is 0 Å². The second-order valence-corrected chi connectivity index (χ2v) is 2.51. The van der Waals surface area contributed by atoms with Crippen LogP contribution in [0.3, 0.4) is 0 Å². The molecule has 9 heavy (non-hydrogen) atoms. The Balaban J connectivity index is -0.000000180. The van der Waals surface area contributed by atoms with E-state index in [1.54, 1.807) is 0 Å². The van der Waals surface area contributed by atoms with E-state index in [1.165, 1.54) is 0 Å². The molecule has 0 radical (unpaired) electrons. The zero-order valence-corrected chi connectivity index (χ0v) is 6.15. The summed E-state index contributed by atoms with van der Waals surface area (Å²) in [6.07, 6.45) is 0. The molecule has 0 fully saturated rings. The second kappa shape index (κ2) is 6.30. The topological polar surface area (TPSA) is 144 Å². The Bertz CT molecular complexity index is 142. The van der Waals surface area contributed by atoms with Crippen LogP contribution < -0.4 is 0 Å². The SMILES string of the molecule is O.O.[O]=[V][O]S(=O)(=O)O. The van der Waals surface area contributed by atoms with E-state index in [0.29, 0.717) is 0 Å². The van der Waals surface area contributed by atoms with Crippen LogP contribution >= 0.6 is 0 Å². The Labute approximate surface area is 58.2 Å². The van der Waals surface area contributed by atoms with Gasteiger partial charge in [0.15, 0.2) is 0 Å². The molecule has 0 saturated carbocycles. The molecule has 0 atom stereocenters. The standard InChI is InChI=1S/H2O4S.2H2O.O.V/c1-5(2,3)4;;;;/h(H2,1,2,3,4);2*1H2;;/q;;;;+1/p-1. The monoisotopic (exact) mass is 200 g/mol. The number of hydrogen-bond acceptors (Lipinski definition) is 4. The second-order valence-electron chi connectivity index (χ2n) is 0.577. The van der Waals surface area contributed by atoms with Gasteiger partial charge in [-0.05, 0) is 0 Å². The van der Waals surface area contributed by atoms with Gasteiger partial charge in [-0.3, -0.25) is 0 Å². The molecule has 0 aliphatic carbocycles. The van der Waals surface area contributed by atoms with Crippen molar-refractivity contribution in [3.63, 3.8) is 0 Å². The normalized spacial score (nSPS) is 8.56. The first-order valence-corrected chi connectivity index (χ1v) is 3.55. The Morgan fingerprint density at radius 2 is 1.67 bits per heavy atom. The molecule has 0 aliphatic heterocycles.